The first-order valence-corrected chi connectivity index (χ1v) is 3.56. The Morgan fingerprint density at radius 3 is 2.60 bits per heavy atom. The summed E-state index contributed by atoms with van der Waals surface area (Å²) in [6.07, 6.45) is 2.15. The summed E-state index contributed by atoms with van der Waals surface area (Å²) in [4.78, 5) is 10.8. The highest BCUT2D eigenvalue weighted by Crippen LogP contribution is 2.28. The number of nitrogens with two attached hydrogens (primary N) is 1. The highest BCUT2D eigenvalue weighted by atomic mass is 16.3. The van der Waals surface area contributed by atoms with E-state index in [1.165, 1.54) is 6.92 Å². The average Bonchev–Trinajstić information content (AvgIpc) is 2.15. The first-order chi connectivity index (χ1) is 4.57. The zero-order valence-electron chi connectivity index (χ0n) is 6.13. The van der Waals surface area contributed by atoms with E-state index < -0.39 is 5.60 Å². The number of ketones is 1. The maximum Gasteiger partial charge on any atom is 0.162 e. The van der Waals surface area contributed by atoms with E-state index in [-0.39, 0.29) is 11.8 Å². The minimum absolute atomic E-state index is 0.197. The molecule has 0 saturated heterocycles. The van der Waals surface area contributed by atoms with Gasteiger partial charge in [-0.15, -0.1) is 0 Å². The van der Waals surface area contributed by atoms with Crippen molar-refractivity contribution in [1.82, 2.24) is 0 Å². The van der Waals surface area contributed by atoms with Gasteiger partial charge >= 0.3 is 0 Å². The van der Waals surface area contributed by atoms with E-state index in [1.807, 2.05) is 0 Å². The Labute approximate surface area is 60.2 Å². The van der Waals surface area contributed by atoms with Gasteiger partial charge in [0.05, 0.1) is 0 Å². The van der Waals surface area contributed by atoms with Crippen LogP contribution in [0.5, 0.6) is 0 Å². The lowest BCUT2D eigenvalue weighted by Crippen LogP contribution is -2.48. The Kier molecular flexibility index (Phi) is 1.79. The van der Waals surface area contributed by atoms with Gasteiger partial charge < -0.3 is 10.8 Å². The Hall–Kier alpha value is -0.410. The van der Waals surface area contributed by atoms with Crippen molar-refractivity contribution in [1.29, 1.82) is 0 Å². The quantitative estimate of drug-likeness (QED) is 0.535. The molecule has 3 heteroatoms. The summed E-state index contributed by atoms with van der Waals surface area (Å²) < 4.78 is 0. The van der Waals surface area contributed by atoms with Crippen LogP contribution >= 0.6 is 0 Å². The van der Waals surface area contributed by atoms with Crippen LogP contribution in [0.25, 0.3) is 0 Å². The third-order valence-corrected chi connectivity index (χ3v) is 2.30. The highest BCUT2D eigenvalue weighted by Gasteiger charge is 2.42. The van der Waals surface area contributed by atoms with Crippen LogP contribution in [0, 0.1) is 0 Å². The maximum atomic E-state index is 10.8. The molecule has 0 aliphatic heterocycles. The molecule has 2 atom stereocenters. The molecule has 0 amide bonds. The van der Waals surface area contributed by atoms with Crippen molar-refractivity contribution in [2.75, 3.05) is 0 Å². The highest BCUT2D eigenvalue weighted by molar-refractivity contribution is 5.85. The fourth-order valence-corrected chi connectivity index (χ4v) is 1.45. The van der Waals surface area contributed by atoms with Gasteiger partial charge in [0.25, 0.3) is 0 Å². The summed E-state index contributed by atoms with van der Waals surface area (Å²) in [6.45, 7) is 1.39. The van der Waals surface area contributed by atoms with Gasteiger partial charge in [0.1, 0.15) is 5.60 Å². The summed E-state index contributed by atoms with van der Waals surface area (Å²) in [5, 5.41) is 9.56. The zero-order valence-corrected chi connectivity index (χ0v) is 6.13. The van der Waals surface area contributed by atoms with Gasteiger partial charge in [-0.2, -0.15) is 0 Å². The van der Waals surface area contributed by atoms with Crippen LogP contribution in [0.3, 0.4) is 0 Å². The predicted molar refractivity (Wildman–Crippen MR) is 37.5 cm³/mol. The average molecular weight is 143 g/mol. The molecule has 1 aliphatic carbocycles. The summed E-state index contributed by atoms with van der Waals surface area (Å²) in [6, 6.07) is -0.343. The van der Waals surface area contributed by atoms with Crippen LogP contribution < -0.4 is 5.73 Å². The summed E-state index contributed by atoms with van der Waals surface area (Å²) in [5.41, 5.74) is 4.34. The van der Waals surface area contributed by atoms with Crippen LogP contribution in [0.1, 0.15) is 26.2 Å². The summed E-state index contributed by atoms with van der Waals surface area (Å²) >= 11 is 0. The largest absolute Gasteiger partial charge is 0.380 e. The molecule has 0 spiro atoms. The fourth-order valence-electron chi connectivity index (χ4n) is 1.45. The van der Waals surface area contributed by atoms with E-state index in [0.717, 1.165) is 12.8 Å². The predicted octanol–water partition coefficient (Wildman–Crippen LogP) is -0.182. The van der Waals surface area contributed by atoms with Crippen molar-refractivity contribution in [2.24, 2.45) is 5.73 Å². The molecule has 0 bridgehead atoms. The molecule has 0 heterocycles. The van der Waals surface area contributed by atoms with Crippen molar-refractivity contribution in [3.05, 3.63) is 0 Å². The molecule has 1 saturated carbocycles. The van der Waals surface area contributed by atoms with Crippen LogP contribution in [0.4, 0.5) is 0 Å². The molecule has 3 N–H and O–H groups in total. The summed E-state index contributed by atoms with van der Waals surface area (Å²) in [7, 11) is 0. The van der Waals surface area contributed by atoms with Crippen LogP contribution in [-0.4, -0.2) is 22.5 Å². The number of Topliss-reactive ketones (excluding diaryl/α,β-unsaturated/α-hetero) is 1. The molecule has 0 aromatic rings. The van der Waals surface area contributed by atoms with Gasteiger partial charge in [-0.05, 0) is 26.2 Å². The van der Waals surface area contributed by atoms with Gasteiger partial charge in [0.15, 0.2) is 5.78 Å². The minimum atomic E-state index is -1.21. The topological polar surface area (TPSA) is 63.3 Å². The van der Waals surface area contributed by atoms with Gasteiger partial charge in [0.2, 0.25) is 0 Å². The van der Waals surface area contributed by atoms with Crippen molar-refractivity contribution < 1.29 is 9.90 Å². The molecule has 1 fully saturated rings. The zero-order chi connectivity index (χ0) is 7.78. The maximum absolute atomic E-state index is 10.8. The van der Waals surface area contributed by atoms with E-state index in [1.54, 1.807) is 0 Å². The van der Waals surface area contributed by atoms with Crippen molar-refractivity contribution in [2.45, 2.75) is 37.8 Å². The standard InChI is InChI=1S/C7H13NO2/c1-5(9)7(10)4-2-3-6(7)8/h6,10H,2-4,8H2,1H3/t6-,7+/m1/s1. The molecule has 58 valence electrons. The van der Waals surface area contributed by atoms with Gasteiger partial charge in [0, 0.05) is 6.04 Å². The molecule has 1 rings (SSSR count). The van der Waals surface area contributed by atoms with Crippen molar-refractivity contribution in [3.63, 3.8) is 0 Å². The number of rotatable bonds is 1. The summed E-state index contributed by atoms with van der Waals surface area (Å²) in [5.74, 6) is -0.197. The number of hydrogen-bond donors (Lipinski definition) is 2. The monoisotopic (exact) mass is 143 g/mol. The second-order valence-corrected chi connectivity index (χ2v) is 2.98. The molecular formula is C7H13NO2. The SMILES string of the molecule is CC(=O)[C@@]1(O)CCC[C@H]1N. The lowest BCUT2D eigenvalue weighted by Gasteiger charge is -2.23. The second kappa shape index (κ2) is 2.32. The number of carbonyl (C=O) groups is 1. The molecule has 3 nitrogen and oxygen atoms in total. The molecular weight excluding hydrogens is 130 g/mol. The minimum Gasteiger partial charge on any atom is -0.380 e. The number of hydrogen-bond acceptors (Lipinski definition) is 3. The van der Waals surface area contributed by atoms with Gasteiger partial charge in [-0.1, -0.05) is 0 Å². The Morgan fingerprint density at radius 1 is 1.80 bits per heavy atom. The van der Waals surface area contributed by atoms with Crippen LogP contribution in [0.15, 0.2) is 0 Å². The normalized spacial score (nSPS) is 40.1. The molecule has 0 radical (unpaired) electrons. The molecule has 0 aromatic carbocycles. The smallest absolute Gasteiger partial charge is 0.162 e. The van der Waals surface area contributed by atoms with Crippen LogP contribution in [-0.2, 0) is 4.79 Å². The van der Waals surface area contributed by atoms with Crippen molar-refractivity contribution in [3.8, 4) is 0 Å². The first-order valence-electron chi connectivity index (χ1n) is 3.56. The third kappa shape index (κ3) is 0.954. The second-order valence-electron chi connectivity index (χ2n) is 2.98. The van der Waals surface area contributed by atoms with E-state index >= 15 is 0 Å². The van der Waals surface area contributed by atoms with E-state index in [0.29, 0.717) is 6.42 Å². The lowest BCUT2D eigenvalue weighted by atomic mass is 9.94. The van der Waals surface area contributed by atoms with Gasteiger partial charge in [-0.25, -0.2) is 0 Å². The van der Waals surface area contributed by atoms with Crippen LogP contribution in [0.2, 0.25) is 0 Å². The fraction of sp³-hybridized carbons (Fsp3) is 0.857. The molecule has 0 unspecified atom stereocenters. The number of carbonyl (C=O) groups excluding carboxylic acids is 1. The first kappa shape index (κ1) is 7.69. The molecule has 0 aromatic heterocycles. The van der Waals surface area contributed by atoms with Gasteiger partial charge in [-0.3, -0.25) is 4.79 Å². The Morgan fingerprint density at radius 2 is 2.40 bits per heavy atom. The number of aliphatic hydroxyl groups is 1. The molecule has 1 aliphatic rings. The van der Waals surface area contributed by atoms with E-state index in [2.05, 4.69) is 0 Å². The molecule has 10 heavy (non-hydrogen) atoms. The third-order valence-electron chi connectivity index (χ3n) is 2.30. The van der Waals surface area contributed by atoms with E-state index in [9.17, 15) is 9.90 Å². The van der Waals surface area contributed by atoms with E-state index in [4.69, 9.17) is 5.73 Å². The lowest BCUT2D eigenvalue weighted by molar-refractivity contribution is -0.135. The Balaban J connectivity index is 2.75. The van der Waals surface area contributed by atoms with Crippen molar-refractivity contribution >= 4 is 5.78 Å². The Bertz CT molecular complexity index is 158.